The molecular formula is C29H33N5O4S. The van der Waals surface area contributed by atoms with Gasteiger partial charge in [-0.15, -0.1) is 10.2 Å². The number of aromatic nitrogens is 2. The fourth-order valence-corrected chi connectivity index (χ4v) is 5.79. The molecule has 1 unspecified atom stereocenters. The quantitative estimate of drug-likeness (QED) is 0.405. The standard InChI is InChI=1S/C29H33N5O4S/c1-20-9-11-23(12-10-20)34-19-22(18-26(34)35)28(37)33-15-13-21(14-16-33)27(36)30-29-32-31-25(39-29)8-5-17-38-24-6-3-2-4-7-24/h2-4,6-7,9-12,21-22H,5,8,13-19H2,1H3,(H,30,32,36). The summed E-state index contributed by atoms with van der Waals surface area (Å²) >= 11 is 1.38. The number of nitrogens with zero attached hydrogens (tertiary/aromatic N) is 4. The number of anilines is 2. The Bertz CT molecular complexity index is 1290. The topological polar surface area (TPSA) is 105 Å². The van der Waals surface area contributed by atoms with Gasteiger partial charge < -0.3 is 19.9 Å². The van der Waals surface area contributed by atoms with E-state index in [2.05, 4.69) is 15.5 Å². The van der Waals surface area contributed by atoms with Gasteiger partial charge >= 0.3 is 0 Å². The van der Waals surface area contributed by atoms with Crippen LogP contribution >= 0.6 is 11.3 Å². The predicted octanol–water partition coefficient (Wildman–Crippen LogP) is 4.09. The number of amides is 3. The SMILES string of the molecule is Cc1ccc(N2CC(C(=O)N3CCC(C(=O)Nc4nnc(CCCOc5ccccc5)s4)CC3)CC2=O)cc1. The van der Waals surface area contributed by atoms with Crippen LogP contribution in [-0.4, -0.2) is 59.1 Å². The third-order valence-electron chi connectivity index (χ3n) is 7.24. The zero-order chi connectivity index (χ0) is 27.2. The van der Waals surface area contributed by atoms with E-state index >= 15 is 0 Å². The second kappa shape index (κ2) is 12.4. The number of para-hydroxylation sites is 1. The minimum atomic E-state index is -0.345. The van der Waals surface area contributed by atoms with Crippen LogP contribution in [0.25, 0.3) is 0 Å². The lowest BCUT2D eigenvalue weighted by molar-refractivity contribution is -0.138. The first-order valence-corrected chi connectivity index (χ1v) is 14.2. The van der Waals surface area contributed by atoms with Crippen molar-refractivity contribution in [1.82, 2.24) is 15.1 Å². The van der Waals surface area contributed by atoms with E-state index in [4.69, 9.17) is 4.74 Å². The molecule has 1 atom stereocenters. The van der Waals surface area contributed by atoms with Crippen molar-refractivity contribution in [2.24, 2.45) is 11.8 Å². The van der Waals surface area contributed by atoms with Crippen LogP contribution < -0.4 is 15.0 Å². The summed E-state index contributed by atoms with van der Waals surface area (Å²) in [6.07, 6.45) is 2.93. The lowest BCUT2D eigenvalue weighted by atomic mass is 9.94. The Morgan fingerprint density at radius 1 is 1.03 bits per heavy atom. The van der Waals surface area contributed by atoms with Gasteiger partial charge in [-0.3, -0.25) is 14.4 Å². The van der Waals surface area contributed by atoms with Gasteiger partial charge in [-0.1, -0.05) is 47.2 Å². The first kappa shape index (κ1) is 26.8. The van der Waals surface area contributed by atoms with Gasteiger partial charge in [-0.2, -0.15) is 0 Å². The molecule has 5 rings (SSSR count). The van der Waals surface area contributed by atoms with Gasteiger partial charge in [-0.05, 0) is 50.5 Å². The molecule has 0 radical (unpaired) electrons. The Morgan fingerprint density at radius 3 is 2.51 bits per heavy atom. The normalized spacial score (nSPS) is 17.9. The summed E-state index contributed by atoms with van der Waals surface area (Å²) in [4.78, 5) is 42.1. The Hall–Kier alpha value is -3.79. The summed E-state index contributed by atoms with van der Waals surface area (Å²) in [5.74, 6) is 0.209. The highest BCUT2D eigenvalue weighted by Gasteiger charge is 2.38. The predicted molar refractivity (Wildman–Crippen MR) is 150 cm³/mol. The zero-order valence-corrected chi connectivity index (χ0v) is 22.9. The van der Waals surface area contributed by atoms with Gasteiger partial charge in [0.05, 0.1) is 12.5 Å². The van der Waals surface area contributed by atoms with Crippen molar-refractivity contribution in [3.8, 4) is 5.75 Å². The number of carbonyl (C=O) groups excluding carboxylic acids is 3. The van der Waals surface area contributed by atoms with E-state index in [1.54, 1.807) is 9.80 Å². The third-order valence-corrected chi connectivity index (χ3v) is 8.14. The molecule has 9 nitrogen and oxygen atoms in total. The molecule has 2 aliphatic rings. The van der Waals surface area contributed by atoms with E-state index in [-0.39, 0.29) is 36.0 Å². The number of ether oxygens (including phenoxy) is 1. The zero-order valence-electron chi connectivity index (χ0n) is 22.0. The van der Waals surface area contributed by atoms with Crippen molar-refractivity contribution in [3.63, 3.8) is 0 Å². The van der Waals surface area contributed by atoms with Crippen LogP contribution in [0.1, 0.15) is 36.3 Å². The number of likely N-dealkylation sites (tertiary alicyclic amines) is 1. The maximum Gasteiger partial charge on any atom is 0.229 e. The molecule has 3 amide bonds. The average Bonchev–Trinajstić information content (AvgIpc) is 3.58. The molecule has 0 saturated carbocycles. The fourth-order valence-electron chi connectivity index (χ4n) is 5.01. The Labute approximate surface area is 232 Å². The molecule has 39 heavy (non-hydrogen) atoms. The Morgan fingerprint density at radius 2 is 1.77 bits per heavy atom. The van der Waals surface area contributed by atoms with Gasteiger partial charge in [-0.25, -0.2) is 0 Å². The molecule has 1 aromatic heterocycles. The minimum Gasteiger partial charge on any atom is -0.494 e. The molecule has 2 fully saturated rings. The highest BCUT2D eigenvalue weighted by molar-refractivity contribution is 7.15. The van der Waals surface area contributed by atoms with E-state index in [0.29, 0.717) is 44.2 Å². The molecule has 3 aromatic rings. The van der Waals surface area contributed by atoms with Gasteiger partial charge in [0.25, 0.3) is 0 Å². The Balaban J connectivity index is 1.04. The van der Waals surface area contributed by atoms with Crippen molar-refractivity contribution in [3.05, 3.63) is 65.2 Å². The van der Waals surface area contributed by atoms with Crippen molar-refractivity contribution in [2.45, 2.75) is 39.0 Å². The summed E-state index contributed by atoms with van der Waals surface area (Å²) in [5, 5.41) is 12.6. The van der Waals surface area contributed by atoms with Crippen molar-refractivity contribution in [2.75, 3.05) is 36.5 Å². The van der Waals surface area contributed by atoms with Crippen LogP contribution in [0.4, 0.5) is 10.8 Å². The lowest BCUT2D eigenvalue weighted by Gasteiger charge is -2.32. The maximum atomic E-state index is 13.2. The third kappa shape index (κ3) is 6.81. The number of benzene rings is 2. The van der Waals surface area contributed by atoms with Crippen LogP contribution in [0.5, 0.6) is 5.75 Å². The molecule has 2 saturated heterocycles. The summed E-state index contributed by atoms with van der Waals surface area (Å²) in [6.45, 7) is 4.01. The monoisotopic (exact) mass is 547 g/mol. The molecule has 1 N–H and O–H groups in total. The fraction of sp³-hybridized carbons (Fsp3) is 0.414. The molecule has 0 spiro atoms. The average molecular weight is 548 g/mol. The Kier molecular flexibility index (Phi) is 8.51. The van der Waals surface area contributed by atoms with E-state index in [1.807, 2.05) is 61.5 Å². The largest absolute Gasteiger partial charge is 0.494 e. The number of rotatable bonds is 9. The summed E-state index contributed by atoms with van der Waals surface area (Å²) in [5.41, 5.74) is 1.96. The molecule has 2 aliphatic heterocycles. The number of piperidine rings is 1. The van der Waals surface area contributed by atoms with Crippen molar-refractivity contribution in [1.29, 1.82) is 0 Å². The molecule has 204 valence electrons. The second-order valence-corrected chi connectivity index (χ2v) is 11.2. The van der Waals surface area contributed by atoms with E-state index in [0.717, 1.165) is 34.8 Å². The van der Waals surface area contributed by atoms with Crippen molar-refractivity contribution >= 4 is 39.9 Å². The summed E-state index contributed by atoms with van der Waals surface area (Å²) in [6, 6.07) is 17.5. The van der Waals surface area contributed by atoms with E-state index in [9.17, 15) is 14.4 Å². The van der Waals surface area contributed by atoms with Crippen LogP contribution in [0.15, 0.2) is 54.6 Å². The maximum absolute atomic E-state index is 13.2. The summed E-state index contributed by atoms with van der Waals surface area (Å²) in [7, 11) is 0. The lowest BCUT2D eigenvalue weighted by Crippen LogP contribution is -2.44. The minimum absolute atomic E-state index is 0.00169. The second-order valence-electron chi connectivity index (χ2n) is 10.1. The molecule has 3 heterocycles. The van der Waals surface area contributed by atoms with Crippen LogP contribution in [0.3, 0.4) is 0 Å². The molecule has 0 aliphatic carbocycles. The van der Waals surface area contributed by atoms with Crippen LogP contribution in [-0.2, 0) is 20.8 Å². The molecular weight excluding hydrogens is 514 g/mol. The first-order chi connectivity index (χ1) is 19.0. The van der Waals surface area contributed by atoms with Crippen LogP contribution in [0, 0.1) is 18.8 Å². The van der Waals surface area contributed by atoms with Crippen molar-refractivity contribution < 1.29 is 19.1 Å². The van der Waals surface area contributed by atoms with Gasteiger partial charge in [0.2, 0.25) is 22.9 Å². The number of nitrogens with one attached hydrogen (secondary N) is 1. The van der Waals surface area contributed by atoms with Gasteiger partial charge in [0.1, 0.15) is 10.8 Å². The number of hydrogen-bond acceptors (Lipinski definition) is 7. The van der Waals surface area contributed by atoms with E-state index in [1.165, 1.54) is 11.3 Å². The van der Waals surface area contributed by atoms with E-state index < -0.39 is 0 Å². The highest BCUT2D eigenvalue weighted by atomic mass is 32.1. The number of hydrogen-bond donors (Lipinski definition) is 1. The number of aryl methyl sites for hydroxylation is 2. The van der Waals surface area contributed by atoms with Crippen LogP contribution in [0.2, 0.25) is 0 Å². The first-order valence-electron chi connectivity index (χ1n) is 13.4. The smallest absolute Gasteiger partial charge is 0.229 e. The van der Waals surface area contributed by atoms with Gasteiger partial charge in [0, 0.05) is 44.1 Å². The number of carbonyl (C=O) groups is 3. The molecule has 0 bridgehead atoms. The molecule has 2 aromatic carbocycles. The summed E-state index contributed by atoms with van der Waals surface area (Å²) < 4.78 is 5.71. The molecule has 10 heteroatoms. The van der Waals surface area contributed by atoms with Gasteiger partial charge in [0.15, 0.2) is 0 Å². The highest BCUT2D eigenvalue weighted by Crippen LogP contribution is 2.29.